The van der Waals surface area contributed by atoms with E-state index in [0.717, 1.165) is 47.5 Å². The number of hydrogen-bond acceptors (Lipinski definition) is 6. The Hall–Kier alpha value is -1.53. The molecule has 1 aromatic rings. The van der Waals surface area contributed by atoms with Gasteiger partial charge in [-0.2, -0.15) is 0 Å². The Morgan fingerprint density at radius 2 is 2.15 bits per heavy atom. The third-order valence-electron chi connectivity index (χ3n) is 4.89. The van der Waals surface area contributed by atoms with Gasteiger partial charge < -0.3 is 10.1 Å². The first kappa shape index (κ1) is 19.2. The van der Waals surface area contributed by atoms with Gasteiger partial charge in [-0.25, -0.2) is 4.79 Å². The second kappa shape index (κ2) is 8.01. The summed E-state index contributed by atoms with van der Waals surface area (Å²) in [7, 11) is 1.40. The van der Waals surface area contributed by atoms with Gasteiger partial charge >= 0.3 is 5.97 Å². The molecule has 0 amide bonds. The summed E-state index contributed by atoms with van der Waals surface area (Å²) in [6.07, 6.45) is 3.21. The monoisotopic (exact) mass is 391 g/mol. The predicted octanol–water partition coefficient (Wildman–Crippen LogP) is 4.56. The van der Waals surface area contributed by atoms with Crippen molar-refractivity contribution in [2.24, 2.45) is 0 Å². The van der Waals surface area contributed by atoms with Crippen LogP contribution in [0.2, 0.25) is 0 Å². The minimum Gasteiger partial charge on any atom is -0.466 e. The minimum absolute atomic E-state index is 0.148. The van der Waals surface area contributed by atoms with Gasteiger partial charge in [0.05, 0.1) is 22.8 Å². The topological polar surface area (TPSA) is 55.4 Å². The van der Waals surface area contributed by atoms with Crippen LogP contribution in [0.1, 0.15) is 56.4 Å². The highest BCUT2D eigenvalue weighted by atomic mass is 32.2. The third-order valence-corrected chi connectivity index (χ3v) is 7.37. The number of thiophene rings is 1. The summed E-state index contributed by atoms with van der Waals surface area (Å²) >= 11 is 3.56. The predicted molar refractivity (Wildman–Crippen MR) is 107 cm³/mol. The molecule has 0 spiro atoms. The Balaban J connectivity index is 2.22. The van der Waals surface area contributed by atoms with Crippen molar-refractivity contribution >= 4 is 34.9 Å². The number of carbonyl (C=O) groups excluding carboxylic acids is 2. The van der Waals surface area contributed by atoms with Crippen molar-refractivity contribution < 1.29 is 14.3 Å². The van der Waals surface area contributed by atoms with Gasteiger partial charge in [0, 0.05) is 28.3 Å². The molecule has 1 aliphatic heterocycles. The number of allylic oxidation sites excluding steroid dienone is 3. The number of carbonyl (C=O) groups is 2. The summed E-state index contributed by atoms with van der Waals surface area (Å²) in [6, 6.07) is 2.18. The standard InChI is InChI=1S/C20H25NO3S2/c1-5-12-10-13(20(26-12)25-6-2)17-16(19(23)24-4)11(3)21-14-8-7-9-15(22)18(14)17/h10,17,21H,5-9H2,1-4H3/t17-/m1/s1. The van der Waals surface area contributed by atoms with E-state index in [4.69, 9.17) is 4.74 Å². The highest BCUT2D eigenvalue weighted by molar-refractivity contribution is 8.01. The van der Waals surface area contributed by atoms with Crippen molar-refractivity contribution in [2.75, 3.05) is 12.9 Å². The van der Waals surface area contributed by atoms with Crippen LogP contribution in [0.5, 0.6) is 0 Å². The molecule has 3 rings (SSSR count). The number of aryl methyl sites for hydroxylation is 1. The lowest BCUT2D eigenvalue weighted by Crippen LogP contribution is -2.34. The number of Topliss-reactive ketones (excluding diaryl/α,β-unsaturated/α-hetero) is 1. The SMILES string of the molecule is CCSc1sc(CC)cc1[C@@H]1C(C(=O)OC)=C(C)NC2=C1C(=O)CCC2. The van der Waals surface area contributed by atoms with Crippen LogP contribution in [-0.4, -0.2) is 24.6 Å². The molecule has 0 bridgehead atoms. The van der Waals surface area contributed by atoms with Crippen LogP contribution in [0.4, 0.5) is 0 Å². The smallest absolute Gasteiger partial charge is 0.336 e. The number of hydrogen-bond donors (Lipinski definition) is 1. The van der Waals surface area contributed by atoms with E-state index in [0.29, 0.717) is 12.0 Å². The first-order valence-electron chi connectivity index (χ1n) is 9.09. The molecular weight excluding hydrogens is 366 g/mol. The fourth-order valence-corrected chi connectivity index (χ4v) is 6.11. The van der Waals surface area contributed by atoms with E-state index < -0.39 is 0 Å². The molecular formula is C20H25NO3S2. The number of methoxy groups -OCH3 is 1. The minimum atomic E-state index is -0.360. The van der Waals surface area contributed by atoms with Crippen LogP contribution < -0.4 is 5.32 Å². The average Bonchev–Trinajstić information content (AvgIpc) is 3.03. The van der Waals surface area contributed by atoms with Crippen molar-refractivity contribution in [3.8, 4) is 0 Å². The maximum absolute atomic E-state index is 12.8. The number of ketones is 1. The molecule has 2 aliphatic rings. The van der Waals surface area contributed by atoms with Crippen molar-refractivity contribution in [3.05, 3.63) is 39.0 Å². The molecule has 1 aliphatic carbocycles. The van der Waals surface area contributed by atoms with Crippen molar-refractivity contribution in [1.29, 1.82) is 0 Å². The Kier molecular flexibility index (Phi) is 5.92. The molecule has 1 atom stereocenters. The highest BCUT2D eigenvalue weighted by Gasteiger charge is 2.40. The van der Waals surface area contributed by atoms with Gasteiger partial charge in [0.2, 0.25) is 0 Å². The molecule has 0 unspecified atom stereocenters. The summed E-state index contributed by atoms with van der Waals surface area (Å²) in [5.74, 6) is 0.422. The van der Waals surface area contributed by atoms with Crippen LogP contribution >= 0.6 is 23.1 Å². The van der Waals surface area contributed by atoms with Gasteiger partial charge in [0.15, 0.2) is 5.78 Å². The Bertz CT molecular complexity index is 804. The Labute approximate surface area is 163 Å². The number of thioether (sulfide) groups is 1. The molecule has 0 saturated heterocycles. The number of nitrogens with one attached hydrogen (secondary N) is 1. The van der Waals surface area contributed by atoms with Crippen LogP contribution in [0, 0.1) is 0 Å². The number of ether oxygens (including phenoxy) is 1. The number of dihydropyridines is 1. The van der Waals surface area contributed by atoms with E-state index in [9.17, 15) is 9.59 Å². The van der Waals surface area contributed by atoms with Gasteiger partial charge in [0.1, 0.15) is 0 Å². The molecule has 4 nitrogen and oxygen atoms in total. The van der Waals surface area contributed by atoms with Gasteiger partial charge in [-0.1, -0.05) is 13.8 Å². The molecule has 0 fully saturated rings. The maximum atomic E-state index is 12.8. The average molecular weight is 392 g/mol. The third kappa shape index (κ3) is 3.37. The maximum Gasteiger partial charge on any atom is 0.336 e. The van der Waals surface area contributed by atoms with E-state index >= 15 is 0 Å². The van der Waals surface area contributed by atoms with E-state index in [-0.39, 0.29) is 17.7 Å². The van der Waals surface area contributed by atoms with Crippen LogP contribution in [-0.2, 0) is 20.7 Å². The summed E-state index contributed by atoms with van der Waals surface area (Å²) in [6.45, 7) is 6.17. The summed E-state index contributed by atoms with van der Waals surface area (Å²) in [4.78, 5) is 26.8. The fraction of sp³-hybridized carbons (Fsp3) is 0.500. The molecule has 1 N–H and O–H groups in total. The molecule has 6 heteroatoms. The zero-order chi connectivity index (χ0) is 18.8. The van der Waals surface area contributed by atoms with Gasteiger partial charge in [-0.15, -0.1) is 23.1 Å². The fourth-order valence-electron chi connectivity index (χ4n) is 3.73. The van der Waals surface area contributed by atoms with E-state index in [1.807, 2.05) is 6.92 Å². The number of esters is 1. The first-order valence-corrected chi connectivity index (χ1v) is 10.9. The zero-order valence-corrected chi connectivity index (χ0v) is 17.4. The lowest BCUT2D eigenvalue weighted by atomic mass is 9.76. The van der Waals surface area contributed by atoms with Crippen LogP contribution in [0.15, 0.2) is 32.8 Å². The Morgan fingerprint density at radius 1 is 1.38 bits per heavy atom. The van der Waals surface area contributed by atoms with Gasteiger partial charge in [-0.3, -0.25) is 4.79 Å². The zero-order valence-electron chi connectivity index (χ0n) is 15.7. The lowest BCUT2D eigenvalue weighted by Gasteiger charge is -2.34. The molecule has 0 saturated carbocycles. The molecule has 0 radical (unpaired) electrons. The first-order chi connectivity index (χ1) is 12.5. The molecule has 0 aromatic carbocycles. The van der Waals surface area contributed by atoms with Crippen molar-refractivity contribution in [3.63, 3.8) is 0 Å². The van der Waals surface area contributed by atoms with E-state index in [2.05, 4.69) is 25.2 Å². The molecule has 2 heterocycles. The summed E-state index contributed by atoms with van der Waals surface area (Å²) in [5, 5.41) is 3.32. The van der Waals surface area contributed by atoms with E-state index in [1.54, 1.807) is 23.1 Å². The Morgan fingerprint density at radius 3 is 2.81 bits per heavy atom. The summed E-state index contributed by atoms with van der Waals surface area (Å²) in [5.41, 5.74) is 4.20. The quantitative estimate of drug-likeness (QED) is 0.589. The second-order valence-electron chi connectivity index (χ2n) is 6.50. The molecule has 140 valence electrons. The summed E-state index contributed by atoms with van der Waals surface area (Å²) < 4.78 is 6.29. The van der Waals surface area contributed by atoms with Crippen LogP contribution in [0.3, 0.4) is 0 Å². The normalized spacial score (nSPS) is 20.2. The van der Waals surface area contributed by atoms with Gasteiger partial charge in [-0.05, 0) is 43.6 Å². The van der Waals surface area contributed by atoms with Crippen molar-refractivity contribution in [2.45, 2.75) is 56.6 Å². The number of rotatable bonds is 5. The lowest BCUT2D eigenvalue weighted by molar-refractivity contribution is -0.136. The van der Waals surface area contributed by atoms with Crippen molar-refractivity contribution in [1.82, 2.24) is 5.32 Å². The molecule has 26 heavy (non-hydrogen) atoms. The highest BCUT2D eigenvalue weighted by Crippen LogP contribution is 2.47. The van der Waals surface area contributed by atoms with Crippen LogP contribution in [0.25, 0.3) is 0 Å². The molecule has 1 aromatic heterocycles. The largest absolute Gasteiger partial charge is 0.466 e. The van der Waals surface area contributed by atoms with Gasteiger partial charge in [0.25, 0.3) is 0 Å². The van der Waals surface area contributed by atoms with E-state index in [1.165, 1.54) is 16.2 Å². The second-order valence-corrected chi connectivity index (χ2v) is 9.17.